The van der Waals surface area contributed by atoms with E-state index in [1.165, 1.54) is 26.4 Å². The number of carbonyl (C=O) groups is 2. The van der Waals surface area contributed by atoms with Crippen LogP contribution in [-0.4, -0.2) is 32.6 Å². The average molecular weight is 358 g/mol. The third kappa shape index (κ3) is 2.97. The smallest absolute Gasteiger partial charge is 0.342 e. The molecule has 4 bridgehead atoms. The summed E-state index contributed by atoms with van der Waals surface area (Å²) in [6, 6.07) is 4.92. The van der Waals surface area contributed by atoms with Crippen molar-refractivity contribution in [1.29, 1.82) is 0 Å². The fraction of sp³-hybridized carbons (Fsp3) is 0.619. The lowest BCUT2D eigenvalue weighted by Crippen LogP contribution is -2.51. The molecule has 5 heteroatoms. The molecule has 0 amide bonds. The molecule has 0 heterocycles. The normalized spacial score (nSPS) is 31.5. The zero-order valence-corrected chi connectivity index (χ0v) is 15.5. The van der Waals surface area contributed by atoms with E-state index in [1.807, 2.05) is 0 Å². The van der Waals surface area contributed by atoms with Crippen molar-refractivity contribution >= 4 is 11.8 Å². The maximum Gasteiger partial charge on any atom is 0.342 e. The highest BCUT2D eigenvalue weighted by Crippen LogP contribution is 2.60. The molecular formula is C21H26O5. The Kier molecular flexibility index (Phi) is 4.41. The quantitative estimate of drug-likeness (QED) is 0.727. The van der Waals surface area contributed by atoms with E-state index in [-0.39, 0.29) is 17.8 Å². The van der Waals surface area contributed by atoms with Gasteiger partial charge in [-0.1, -0.05) is 0 Å². The maximum atomic E-state index is 13.0. The SMILES string of the molecule is COc1ccc(C(=O)OCC(=O)C23CC4CC(CC(C4)C2)C3)c(OC)c1. The molecule has 0 radical (unpaired) electrons. The molecule has 4 aliphatic carbocycles. The van der Waals surface area contributed by atoms with Gasteiger partial charge in [-0.2, -0.15) is 0 Å². The molecule has 0 N–H and O–H groups in total. The van der Waals surface area contributed by atoms with Crippen LogP contribution in [0.4, 0.5) is 0 Å². The van der Waals surface area contributed by atoms with Crippen LogP contribution >= 0.6 is 0 Å². The van der Waals surface area contributed by atoms with Gasteiger partial charge in [-0.25, -0.2) is 4.79 Å². The van der Waals surface area contributed by atoms with Crippen molar-refractivity contribution in [2.45, 2.75) is 38.5 Å². The Morgan fingerprint density at radius 1 is 1.00 bits per heavy atom. The van der Waals surface area contributed by atoms with Crippen molar-refractivity contribution in [1.82, 2.24) is 0 Å². The second kappa shape index (κ2) is 6.60. The van der Waals surface area contributed by atoms with Crippen LogP contribution in [0.3, 0.4) is 0 Å². The Balaban J connectivity index is 1.43. The lowest BCUT2D eigenvalue weighted by molar-refractivity contribution is -0.147. The van der Waals surface area contributed by atoms with E-state index in [4.69, 9.17) is 14.2 Å². The van der Waals surface area contributed by atoms with E-state index in [0.29, 0.717) is 34.8 Å². The molecule has 1 aromatic rings. The van der Waals surface area contributed by atoms with Crippen molar-refractivity contribution in [2.24, 2.45) is 23.2 Å². The van der Waals surface area contributed by atoms with Gasteiger partial charge in [0, 0.05) is 11.5 Å². The number of rotatable bonds is 6. The number of Topliss-reactive ketones (excluding diaryl/α,β-unsaturated/α-hetero) is 1. The molecule has 140 valence electrons. The highest BCUT2D eigenvalue weighted by molar-refractivity contribution is 5.95. The molecule has 4 aliphatic rings. The van der Waals surface area contributed by atoms with Crippen LogP contribution in [0.15, 0.2) is 18.2 Å². The Morgan fingerprint density at radius 3 is 2.15 bits per heavy atom. The zero-order chi connectivity index (χ0) is 18.3. The highest BCUT2D eigenvalue weighted by atomic mass is 16.5. The lowest BCUT2D eigenvalue weighted by Gasteiger charge is -2.55. The molecule has 0 unspecified atom stereocenters. The van der Waals surface area contributed by atoms with Crippen LogP contribution in [0.2, 0.25) is 0 Å². The first kappa shape index (κ1) is 17.4. The third-order valence-electron chi connectivity index (χ3n) is 6.59. The van der Waals surface area contributed by atoms with Gasteiger partial charge in [0.2, 0.25) is 0 Å². The van der Waals surface area contributed by atoms with Crippen molar-refractivity contribution in [3.05, 3.63) is 23.8 Å². The van der Waals surface area contributed by atoms with Crippen LogP contribution in [0.25, 0.3) is 0 Å². The van der Waals surface area contributed by atoms with Crippen LogP contribution in [-0.2, 0) is 9.53 Å². The zero-order valence-electron chi connectivity index (χ0n) is 15.5. The topological polar surface area (TPSA) is 61.8 Å². The number of methoxy groups -OCH3 is 2. The molecule has 26 heavy (non-hydrogen) atoms. The standard InChI is InChI=1S/C21H26O5/c1-24-16-3-4-17(18(8-16)25-2)20(23)26-12-19(22)21-9-13-5-14(10-21)7-15(6-13)11-21/h3-4,8,13-15H,5-7,9-12H2,1-2H3. The second-order valence-electron chi connectivity index (χ2n) is 8.26. The third-order valence-corrected chi connectivity index (χ3v) is 6.59. The molecule has 0 atom stereocenters. The predicted octanol–water partition coefficient (Wildman–Crippen LogP) is 3.65. The second-order valence-corrected chi connectivity index (χ2v) is 8.26. The fourth-order valence-corrected chi connectivity index (χ4v) is 5.78. The van der Waals surface area contributed by atoms with E-state index in [2.05, 4.69) is 0 Å². The highest BCUT2D eigenvalue weighted by Gasteiger charge is 2.54. The van der Waals surface area contributed by atoms with Gasteiger partial charge in [0.05, 0.1) is 14.2 Å². The summed E-state index contributed by atoms with van der Waals surface area (Å²) in [7, 11) is 3.04. The van der Waals surface area contributed by atoms with Crippen molar-refractivity contribution in [3.63, 3.8) is 0 Å². The van der Waals surface area contributed by atoms with Gasteiger partial charge in [0.25, 0.3) is 0 Å². The van der Waals surface area contributed by atoms with Crippen molar-refractivity contribution < 1.29 is 23.8 Å². The predicted molar refractivity (Wildman–Crippen MR) is 95.4 cm³/mol. The van der Waals surface area contributed by atoms with Crippen LogP contribution in [0.1, 0.15) is 48.9 Å². The molecular weight excluding hydrogens is 332 g/mol. The average Bonchev–Trinajstić information content (AvgIpc) is 2.64. The minimum absolute atomic E-state index is 0.109. The number of benzene rings is 1. The summed E-state index contributed by atoms with van der Waals surface area (Å²) in [5.41, 5.74) is 0.0746. The van der Waals surface area contributed by atoms with E-state index < -0.39 is 5.97 Å². The number of esters is 1. The molecule has 0 aromatic heterocycles. The summed E-state index contributed by atoms with van der Waals surface area (Å²) in [6.07, 6.45) is 6.82. The van der Waals surface area contributed by atoms with Gasteiger partial charge in [-0.05, 0) is 68.4 Å². The molecule has 1 aromatic carbocycles. The first-order valence-electron chi connectivity index (χ1n) is 9.45. The van der Waals surface area contributed by atoms with E-state index in [9.17, 15) is 9.59 Å². The van der Waals surface area contributed by atoms with Gasteiger partial charge >= 0.3 is 5.97 Å². The minimum atomic E-state index is -0.525. The monoisotopic (exact) mass is 358 g/mol. The first-order chi connectivity index (χ1) is 12.5. The van der Waals surface area contributed by atoms with Gasteiger partial charge < -0.3 is 14.2 Å². The number of carbonyl (C=O) groups excluding carboxylic acids is 2. The molecule has 0 aliphatic heterocycles. The molecule has 5 rings (SSSR count). The molecule has 0 saturated heterocycles. The lowest BCUT2D eigenvalue weighted by atomic mass is 9.48. The number of hydrogen-bond donors (Lipinski definition) is 0. The van der Waals surface area contributed by atoms with Crippen LogP contribution in [0.5, 0.6) is 11.5 Å². The van der Waals surface area contributed by atoms with E-state index >= 15 is 0 Å². The van der Waals surface area contributed by atoms with Crippen molar-refractivity contribution in [3.8, 4) is 11.5 Å². The minimum Gasteiger partial charge on any atom is -0.497 e. The molecule has 4 saturated carbocycles. The summed E-state index contributed by atoms with van der Waals surface area (Å²) in [4.78, 5) is 25.4. The largest absolute Gasteiger partial charge is 0.497 e. The molecule has 4 fully saturated rings. The number of ketones is 1. The molecule has 5 nitrogen and oxygen atoms in total. The Bertz CT molecular complexity index is 688. The van der Waals surface area contributed by atoms with E-state index in [1.54, 1.807) is 25.3 Å². The fourth-order valence-electron chi connectivity index (χ4n) is 5.78. The Morgan fingerprint density at radius 2 is 1.62 bits per heavy atom. The summed E-state index contributed by atoms with van der Waals surface area (Å²) in [6.45, 7) is -0.139. The van der Waals surface area contributed by atoms with Crippen LogP contribution < -0.4 is 9.47 Å². The summed E-state index contributed by atoms with van der Waals surface area (Å²) < 4.78 is 15.8. The Labute approximate surface area is 154 Å². The number of hydrogen-bond acceptors (Lipinski definition) is 5. The van der Waals surface area contributed by atoms with Crippen molar-refractivity contribution in [2.75, 3.05) is 20.8 Å². The van der Waals surface area contributed by atoms with Gasteiger partial charge in [0.1, 0.15) is 17.1 Å². The van der Waals surface area contributed by atoms with Crippen LogP contribution in [0, 0.1) is 23.2 Å². The first-order valence-corrected chi connectivity index (χ1v) is 9.45. The van der Waals surface area contributed by atoms with Gasteiger partial charge in [-0.15, -0.1) is 0 Å². The number of ether oxygens (including phenoxy) is 3. The molecule has 0 spiro atoms. The Hall–Kier alpha value is -2.04. The summed E-state index contributed by atoms with van der Waals surface area (Å²) in [5, 5.41) is 0. The summed E-state index contributed by atoms with van der Waals surface area (Å²) >= 11 is 0. The van der Waals surface area contributed by atoms with Gasteiger partial charge in [0.15, 0.2) is 12.4 Å². The van der Waals surface area contributed by atoms with Gasteiger partial charge in [-0.3, -0.25) is 4.79 Å². The van der Waals surface area contributed by atoms with E-state index in [0.717, 1.165) is 19.3 Å². The maximum absolute atomic E-state index is 13.0. The summed E-state index contributed by atoms with van der Waals surface area (Å²) in [5.74, 6) is 2.66.